The first kappa shape index (κ1) is 14.3. The Labute approximate surface area is 117 Å². The average Bonchev–Trinajstić information content (AvgIpc) is 3.17. The molecule has 0 saturated heterocycles. The number of nitrogens with zero attached hydrogens (tertiary/aromatic N) is 2. The number of carbonyl (C=O) groups is 2. The van der Waals surface area contributed by atoms with Crippen LogP contribution in [0, 0.1) is 6.92 Å². The van der Waals surface area contributed by atoms with Crippen molar-refractivity contribution in [2.75, 3.05) is 6.54 Å². The lowest BCUT2D eigenvalue weighted by atomic mass is 10.2. The first-order valence-electron chi connectivity index (χ1n) is 6.70. The number of carboxylic acids is 1. The zero-order chi connectivity index (χ0) is 14.8. The number of urea groups is 1. The fourth-order valence-corrected chi connectivity index (χ4v) is 2.01. The van der Waals surface area contributed by atoms with Crippen LogP contribution in [0.4, 0.5) is 4.79 Å². The molecule has 1 aromatic heterocycles. The molecule has 2 N–H and O–H groups in total. The predicted molar refractivity (Wildman–Crippen MR) is 73.2 cm³/mol. The van der Waals surface area contributed by atoms with Gasteiger partial charge in [0.15, 0.2) is 0 Å². The molecule has 0 unspecified atom stereocenters. The lowest BCUT2D eigenvalue weighted by molar-refractivity contribution is -0.140. The van der Waals surface area contributed by atoms with Crippen LogP contribution in [-0.2, 0) is 11.3 Å². The Balaban J connectivity index is 2.01. The van der Waals surface area contributed by atoms with Crippen molar-refractivity contribution in [3.63, 3.8) is 0 Å². The molecule has 0 aliphatic heterocycles. The summed E-state index contributed by atoms with van der Waals surface area (Å²) in [6, 6.07) is 5.29. The minimum Gasteiger partial charge on any atom is -0.480 e. The molecule has 6 heteroatoms. The van der Waals surface area contributed by atoms with Gasteiger partial charge in [-0.1, -0.05) is 6.07 Å². The van der Waals surface area contributed by atoms with E-state index >= 15 is 0 Å². The number of hydrogen-bond donors (Lipinski definition) is 2. The van der Waals surface area contributed by atoms with E-state index in [1.54, 1.807) is 4.90 Å². The molecule has 1 fully saturated rings. The Morgan fingerprint density at radius 2 is 2.15 bits per heavy atom. The highest BCUT2D eigenvalue weighted by atomic mass is 16.4. The van der Waals surface area contributed by atoms with Crippen LogP contribution in [0.5, 0.6) is 0 Å². The number of amides is 2. The van der Waals surface area contributed by atoms with Crippen molar-refractivity contribution in [1.82, 2.24) is 15.2 Å². The Bertz CT molecular complexity index is 526. The molecule has 0 bridgehead atoms. The van der Waals surface area contributed by atoms with Gasteiger partial charge in [0.25, 0.3) is 0 Å². The summed E-state index contributed by atoms with van der Waals surface area (Å²) in [5.41, 5.74) is 0.634. The lowest BCUT2D eigenvalue weighted by Crippen LogP contribution is -2.49. The van der Waals surface area contributed by atoms with Crippen LogP contribution in [0.15, 0.2) is 18.2 Å². The number of pyridine rings is 1. The maximum atomic E-state index is 12.1. The van der Waals surface area contributed by atoms with Crippen LogP contribution in [-0.4, -0.2) is 39.1 Å². The summed E-state index contributed by atoms with van der Waals surface area (Å²) in [5, 5.41) is 11.7. The number of aryl methyl sites for hydroxylation is 1. The SMILES string of the molecule is CCN(Cc1cccc(C)n1)C(=O)NC1(C(=O)O)CC1. The number of aromatic nitrogens is 1. The van der Waals surface area contributed by atoms with Gasteiger partial charge in [0.05, 0.1) is 12.2 Å². The first-order chi connectivity index (χ1) is 9.47. The number of nitrogens with one attached hydrogen (secondary N) is 1. The molecule has 1 aromatic rings. The zero-order valence-corrected chi connectivity index (χ0v) is 11.7. The summed E-state index contributed by atoms with van der Waals surface area (Å²) >= 11 is 0. The number of rotatable bonds is 5. The minimum absolute atomic E-state index is 0.351. The Kier molecular flexibility index (Phi) is 3.92. The number of carbonyl (C=O) groups excluding carboxylic acids is 1. The van der Waals surface area contributed by atoms with Crippen molar-refractivity contribution < 1.29 is 14.7 Å². The van der Waals surface area contributed by atoms with E-state index in [4.69, 9.17) is 5.11 Å². The third-order valence-electron chi connectivity index (χ3n) is 3.47. The highest BCUT2D eigenvalue weighted by Gasteiger charge is 2.52. The molecule has 108 valence electrons. The highest BCUT2D eigenvalue weighted by Crippen LogP contribution is 2.35. The molecule has 1 aliphatic rings. The van der Waals surface area contributed by atoms with Gasteiger partial charge in [-0.15, -0.1) is 0 Å². The van der Waals surface area contributed by atoms with Gasteiger partial charge in [-0.3, -0.25) is 4.98 Å². The molecule has 0 radical (unpaired) electrons. The molecular formula is C14H19N3O3. The van der Waals surface area contributed by atoms with Gasteiger partial charge in [0.1, 0.15) is 5.54 Å². The van der Waals surface area contributed by atoms with E-state index in [0.29, 0.717) is 25.9 Å². The van der Waals surface area contributed by atoms with Crippen molar-refractivity contribution in [1.29, 1.82) is 0 Å². The molecule has 2 amide bonds. The van der Waals surface area contributed by atoms with E-state index < -0.39 is 11.5 Å². The van der Waals surface area contributed by atoms with E-state index in [1.807, 2.05) is 32.0 Å². The fourth-order valence-electron chi connectivity index (χ4n) is 2.01. The zero-order valence-electron chi connectivity index (χ0n) is 11.7. The number of carboxylic acid groups (broad SMARTS) is 1. The van der Waals surface area contributed by atoms with Crippen molar-refractivity contribution in [2.45, 2.75) is 38.8 Å². The monoisotopic (exact) mass is 277 g/mol. The molecule has 1 aliphatic carbocycles. The molecule has 0 aromatic carbocycles. The average molecular weight is 277 g/mol. The Morgan fingerprint density at radius 3 is 2.65 bits per heavy atom. The van der Waals surface area contributed by atoms with Crippen LogP contribution >= 0.6 is 0 Å². The molecular weight excluding hydrogens is 258 g/mol. The standard InChI is InChI=1S/C14H19N3O3/c1-3-17(9-11-6-4-5-10(2)15-11)13(20)16-14(7-8-14)12(18)19/h4-6H,3,7-9H2,1-2H3,(H,16,20)(H,18,19). The lowest BCUT2D eigenvalue weighted by Gasteiger charge is -2.23. The summed E-state index contributed by atoms with van der Waals surface area (Å²) in [6.07, 6.45) is 0.989. The summed E-state index contributed by atoms with van der Waals surface area (Å²) in [5.74, 6) is -0.962. The molecule has 20 heavy (non-hydrogen) atoms. The van der Waals surface area contributed by atoms with Gasteiger partial charge >= 0.3 is 12.0 Å². The van der Waals surface area contributed by atoms with Crippen LogP contribution in [0.25, 0.3) is 0 Å². The number of hydrogen-bond acceptors (Lipinski definition) is 3. The summed E-state index contributed by atoms with van der Waals surface area (Å²) < 4.78 is 0. The second kappa shape index (κ2) is 5.48. The van der Waals surface area contributed by atoms with Gasteiger partial charge < -0.3 is 15.3 Å². The topological polar surface area (TPSA) is 82.5 Å². The maximum absolute atomic E-state index is 12.1. The minimum atomic E-state index is -1.05. The van der Waals surface area contributed by atoms with Crippen LogP contribution in [0.3, 0.4) is 0 Å². The van der Waals surface area contributed by atoms with Crippen molar-refractivity contribution in [3.8, 4) is 0 Å². The third-order valence-corrected chi connectivity index (χ3v) is 3.47. The predicted octanol–water partition coefficient (Wildman–Crippen LogP) is 1.54. The van der Waals surface area contributed by atoms with Crippen molar-refractivity contribution in [2.24, 2.45) is 0 Å². The fraction of sp³-hybridized carbons (Fsp3) is 0.500. The van der Waals surface area contributed by atoms with Gasteiger partial charge in [-0.25, -0.2) is 9.59 Å². The quantitative estimate of drug-likeness (QED) is 0.855. The third kappa shape index (κ3) is 3.07. The Hall–Kier alpha value is -2.11. The normalized spacial score (nSPS) is 15.5. The second-order valence-electron chi connectivity index (χ2n) is 5.10. The summed E-state index contributed by atoms with van der Waals surface area (Å²) in [4.78, 5) is 29.1. The van der Waals surface area contributed by atoms with E-state index in [9.17, 15) is 9.59 Å². The van der Waals surface area contributed by atoms with Gasteiger partial charge in [-0.05, 0) is 38.8 Å². The van der Waals surface area contributed by atoms with Crippen LogP contribution < -0.4 is 5.32 Å². The van der Waals surface area contributed by atoms with Gasteiger partial charge in [0.2, 0.25) is 0 Å². The smallest absolute Gasteiger partial charge is 0.329 e. The largest absolute Gasteiger partial charge is 0.480 e. The van der Waals surface area contributed by atoms with Crippen molar-refractivity contribution in [3.05, 3.63) is 29.6 Å². The molecule has 0 atom stereocenters. The molecule has 1 saturated carbocycles. The number of aliphatic carboxylic acids is 1. The maximum Gasteiger partial charge on any atom is 0.329 e. The highest BCUT2D eigenvalue weighted by molar-refractivity contribution is 5.88. The second-order valence-corrected chi connectivity index (χ2v) is 5.10. The summed E-state index contributed by atoms with van der Waals surface area (Å²) in [7, 11) is 0. The van der Waals surface area contributed by atoms with E-state index in [2.05, 4.69) is 10.3 Å². The Morgan fingerprint density at radius 1 is 1.45 bits per heavy atom. The molecule has 1 heterocycles. The van der Waals surface area contributed by atoms with Gasteiger partial charge in [-0.2, -0.15) is 0 Å². The van der Waals surface area contributed by atoms with Crippen LogP contribution in [0.2, 0.25) is 0 Å². The van der Waals surface area contributed by atoms with Crippen LogP contribution in [0.1, 0.15) is 31.2 Å². The van der Waals surface area contributed by atoms with E-state index in [0.717, 1.165) is 11.4 Å². The van der Waals surface area contributed by atoms with Crippen molar-refractivity contribution >= 4 is 12.0 Å². The summed E-state index contributed by atoms with van der Waals surface area (Å²) in [6.45, 7) is 4.62. The van der Waals surface area contributed by atoms with E-state index in [1.165, 1.54) is 0 Å². The molecule has 6 nitrogen and oxygen atoms in total. The van der Waals surface area contributed by atoms with Gasteiger partial charge in [0, 0.05) is 12.2 Å². The first-order valence-corrected chi connectivity index (χ1v) is 6.70. The molecule has 0 spiro atoms. The van der Waals surface area contributed by atoms with E-state index in [-0.39, 0.29) is 6.03 Å². The molecule has 2 rings (SSSR count).